The Morgan fingerprint density at radius 2 is 1.97 bits per heavy atom. The van der Waals surface area contributed by atoms with Crippen LogP contribution in [-0.4, -0.2) is 31.7 Å². The molecule has 0 spiro atoms. The van der Waals surface area contributed by atoms with Gasteiger partial charge in [-0.25, -0.2) is 23.4 Å². The minimum atomic E-state index is -4.56. The Morgan fingerprint density at radius 3 is 2.59 bits per heavy atom. The lowest BCUT2D eigenvalue weighted by Gasteiger charge is -2.10. The van der Waals surface area contributed by atoms with E-state index in [1.165, 1.54) is 12.1 Å². The molecule has 2 heterocycles. The van der Waals surface area contributed by atoms with E-state index in [0.717, 1.165) is 11.3 Å². The van der Waals surface area contributed by atoms with Crippen LogP contribution in [0.1, 0.15) is 12.5 Å². The van der Waals surface area contributed by atoms with E-state index in [2.05, 4.69) is 19.8 Å². The molecule has 1 unspecified atom stereocenters. The van der Waals surface area contributed by atoms with E-state index in [9.17, 15) is 17.4 Å². The van der Waals surface area contributed by atoms with Gasteiger partial charge >= 0.3 is 6.18 Å². The number of aryl methyl sites for hydroxylation is 1. The highest BCUT2D eigenvalue weighted by molar-refractivity contribution is 7.91. The van der Waals surface area contributed by atoms with Crippen molar-refractivity contribution in [2.24, 2.45) is 9.50 Å². The molecule has 12 heteroatoms. The molecule has 0 bridgehead atoms. The number of halogens is 4. The topological polar surface area (TPSA) is 98.2 Å². The Morgan fingerprint density at radius 1 is 1.28 bits per heavy atom. The van der Waals surface area contributed by atoms with Crippen LogP contribution in [0, 0.1) is 0 Å². The lowest BCUT2D eigenvalue weighted by molar-refractivity contribution is -0.117. The van der Waals surface area contributed by atoms with Crippen LogP contribution in [0.15, 0.2) is 45.8 Å². The van der Waals surface area contributed by atoms with Crippen molar-refractivity contribution in [3.05, 3.63) is 47.2 Å². The summed E-state index contributed by atoms with van der Waals surface area (Å²) in [5.41, 5.74) is 2.20. The molecule has 29 heavy (non-hydrogen) atoms. The third-order valence-electron chi connectivity index (χ3n) is 4.07. The molecular formula is C17H18ClF3N6OS. The number of alkyl halides is 3. The number of fused-ring (bicyclic) bond motifs is 1. The van der Waals surface area contributed by atoms with Crippen molar-refractivity contribution >= 4 is 38.2 Å². The number of anilines is 1. The normalized spacial score (nSPS) is 14.0. The summed E-state index contributed by atoms with van der Waals surface area (Å²) in [4.78, 5) is 4.33. The first-order chi connectivity index (χ1) is 13.6. The fourth-order valence-electron chi connectivity index (χ4n) is 2.66. The van der Waals surface area contributed by atoms with Gasteiger partial charge in [0.1, 0.15) is 16.5 Å². The van der Waals surface area contributed by atoms with Crippen LogP contribution in [0.5, 0.6) is 0 Å². The molecule has 0 aliphatic heterocycles. The van der Waals surface area contributed by atoms with Crippen molar-refractivity contribution in [3.63, 3.8) is 0 Å². The maximum Gasteiger partial charge on any atom is 0.408 e. The van der Waals surface area contributed by atoms with Crippen molar-refractivity contribution in [2.45, 2.75) is 31.1 Å². The highest BCUT2D eigenvalue weighted by Gasteiger charge is 2.27. The first-order valence-electron chi connectivity index (χ1n) is 8.52. The van der Waals surface area contributed by atoms with Gasteiger partial charge in [-0.05, 0) is 30.7 Å². The number of aromatic nitrogens is 3. The number of nitrogens with one attached hydrogen (secondary N) is 1. The molecule has 0 saturated heterocycles. The number of hydrogen-bond donors (Lipinski definition) is 2. The largest absolute Gasteiger partial charge is 0.408 e. The van der Waals surface area contributed by atoms with Crippen LogP contribution in [0.25, 0.3) is 11.0 Å². The maximum atomic E-state index is 12.3. The Kier molecular flexibility index (Phi) is 6.01. The predicted molar refractivity (Wildman–Crippen MR) is 106 cm³/mol. The van der Waals surface area contributed by atoms with Gasteiger partial charge in [0.25, 0.3) is 0 Å². The monoisotopic (exact) mass is 446 g/mol. The molecule has 0 aliphatic rings. The van der Waals surface area contributed by atoms with E-state index in [0.29, 0.717) is 29.3 Å². The number of pyridine rings is 1. The standard InChI is InChI=1S/C17H18ClF3N6OS/c1-2-27-16-14(15(18)26-27)13(7-8-23-16)24-9-11-3-5-12(6-4-11)29(22,28)25-10-17(19,20)21/h3-8H,2,9-10H2,1H3,(H,23,24)(H2,22,25,28). The molecule has 0 radical (unpaired) electrons. The van der Waals surface area contributed by atoms with Crippen molar-refractivity contribution in [3.8, 4) is 0 Å². The van der Waals surface area contributed by atoms with Gasteiger partial charge in [0.2, 0.25) is 0 Å². The van der Waals surface area contributed by atoms with Crippen molar-refractivity contribution in [1.29, 1.82) is 0 Å². The van der Waals surface area contributed by atoms with Crippen LogP contribution >= 0.6 is 11.6 Å². The van der Waals surface area contributed by atoms with Crippen LogP contribution in [0.4, 0.5) is 18.9 Å². The number of nitrogens with zero attached hydrogens (tertiary/aromatic N) is 4. The summed E-state index contributed by atoms with van der Waals surface area (Å²) in [6.45, 7) is 1.38. The second-order valence-electron chi connectivity index (χ2n) is 6.13. The van der Waals surface area contributed by atoms with Gasteiger partial charge in [-0.3, -0.25) is 0 Å². The number of nitrogens with two attached hydrogens (primary N) is 1. The average molecular weight is 447 g/mol. The minimum absolute atomic E-state index is 0.0315. The summed E-state index contributed by atoms with van der Waals surface area (Å²) < 4.78 is 53.9. The van der Waals surface area contributed by atoms with Gasteiger partial charge in [0.15, 0.2) is 10.8 Å². The van der Waals surface area contributed by atoms with Gasteiger partial charge in [0, 0.05) is 19.3 Å². The van der Waals surface area contributed by atoms with E-state index in [4.69, 9.17) is 16.7 Å². The first kappa shape index (κ1) is 21.3. The van der Waals surface area contributed by atoms with Gasteiger partial charge < -0.3 is 5.32 Å². The summed E-state index contributed by atoms with van der Waals surface area (Å²) in [5.74, 6) is 0. The zero-order chi connectivity index (χ0) is 21.2. The Hall–Kier alpha value is -2.37. The maximum absolute atomic E-state index is 12.3. The molecule has 0 saturated carbocycles. The molecule has 3 N–H and O–H groups in total. The third kappa shape index (κ3) is 4.98. The zero-order valence-corrected chi connectivity index (χ0v) is 16.9. The van der Waals surface area contributed by atoms with E-state index in [1.807, 2.05) is 6.92 Å². The summed E-state index contributed by atoms with van der Waals surface area (Å²) >= 11 is 6.23. The van der Waals surface area contributed by atoms with Gasteiger partial charge in [0.05, 0.1) is 16.0 Å². The summed E-state index contributed by atoms with van der Waals surface area (Å²) in [7, 11) is -3.61. The second kappa shape index (κ2) is 8.17. The predicted octanol–water partition coefficient (Wildman–Crippen LogP) is 3.98. The van der Waals surface area contributed by atoms with Gasteiger partial charge in [-0.2, -0.15) is 18.3 Å². The van der Waals surface area contributed by atoms with E-state index >= 15 is 0 Å². The molecule has 7 nitrogen and oxygen atoms in total. The number of benzene rings is 1. The fraction of sp³-hybridized carbons (Fsp3) is 0.294. The smallest absolute Gasteiger partial charge is 0.380 e. The molecule has 1 atom stereocenters. The quantitative estimate of drug-likeness (QED) is 0.598. The first-order valence-corrected chi connectivity index (χ1v) is 10.5. The number of hydrogen-bond acceptors (Lipinski definition) is 5. The van der Waals surface area contributed by atoms with Crippen LogP contribution in [0.3, 0.4) is 0 Å². The molecular weight excluding hydrogens is 429 g/mol. The molecule has 3 rings (SSSR count). The molecule has 3 aromatic rings. The molecule has 0 amide bonds. The molecule has 1 aromatic carbocycles. The minimum Gasteiger partial charge on any atom is -0.380 e. The Labute approximate surface area is 170 Å². The lowest BCUT2D eigenvalue weighted by atomic mass is 10.2. The fourth-order valence-corrected chi connectivity index (χ4v) is 3.96. The third-order valence-corrected chi connectivity index (χ3v) is 5.79. The molecule has 0 aliphatic carbocycles. The molecule has 0 fully saturated rings. The van der Waals surface area contributed by atoms with E-state index in [1.54, 1.807) is 29.1 Å². The van der Waals surface area contributed by atoms with E-state index < -0.39 is 22.6 Å². The lowest BCUT2D eigenvalue weighted by Crippen LogP contribution is -2.19. The Balaban J connectivity index is 1.77. The van der Waals surface area contributed by atoms with Crippen molar-refractivity contribution in [1.82, 2.24) is 14.8 Å². The highest BCUT2D eigenvalue weighted by atomic mass is 35.5. The second-order valence-corrected chi connectivity index (χ2v) is 8.36. The average Bonchev–Trinajstić information content (AvgIpc) is 3.01. The zero-order valence-electron chi connectivity index (χ0n) is 15.3. The van der Waals surface area contributed by atoms with Crippen molar-refractivity contribution < 1.29 is 17.4 Å². The molecule has 156 valence electrons. The summed E-state index contributed by atoms with van der Waals surface area (Å²) in [5, 5.41) is 14.0. The Bertz CT molecular complexity index is 1140. The van der Waals surface area contributed by atoms with Crippen LogP contribution in [-0.2, 0) is 23.0 Å². The summed E-state index contributed by atoms with van der Waals surface area (Å²) in [6.07, 6.45) is -2.92. The van der Waals surface area contributed by atoms with Gasteiger partial charge in [-0.1, -0.05) is 23.7 Å². The molecule has 2 aromatic heterocycles. The summed E-state index contributed by atoms with van der Waals surface area (Å²) in [6, 6.07) is 7.82. The van der Waals surface area contributed by atoms with Crippen LogP contribution < -0.4 is 10.5 Å². The van der Waals surface area contributed by atoms with E-state index in [-0.39, 0.29) is 4.90 Å². The van der Waals surface area contributed by atoms with Crippen LogP contribution in [0.2, 0.25) is 5.15 Å². The number of rotatable bonds is 6. The SMILES string of the molecule is CCn1nc(Cl)c2c(NCc3ccc(S(N)(=O)=NCC(F)(F)F)cc3)ccnc21. The van der Waals surface area contributed by atoms with Gasteiger partial charge in [-0.15, -0.1) is 0 Å². The highest BCUT2D eigenvalue weighted by Crippen LogP contribution is 2.29. The van der Waals surface area contributed by atoms with Crippen molar-refractivity contribution in [2.75, 3.05) is 11.9 Å².